The van der Waals surface area contributed by atoms with Crippen molar-refractivity contribution in [3.8, 4) is 0 Å². The largest absolute Gasteiger partial charge is 0.383 e. The molecule has 130 valence electrons. The first kappa shape index (κ1) is 18.9. The van der Waals surface area contributed by atoms with Gasteiger partial charge in [-0.1, -0.05) is 6.92 Å². The van der Waals surface area contributed by atoms with E-state index in [0.29, 0.717) is 25.7 Å². The maximum Gasteiger partial charge on any atom is 0.241 e. The highest BCUT2D eigenvalue weighted by molar-refractivity contribution is 5.84. The fraction of sp³-hybridized carbons (Fsp3) is 0.714. The molecular formula is C14H27N7O2. The number of guanidine groups is 1. The second kappa shape index (κ2) is 11.4. The van der Waals surface area contributed by atoms with Gasteiger partial charge >= 0.3 is 0 Å². The van der Waals surface area contributed by atoms with E-state index in [1.807, 2.05) is 18.4 Å². The molecular weight excluding hydrogens is 298 g/mol. The van der Waals surface area contributed by atoms with Gasteiger partial charge in [0.05, 0.1) is 6.61 Å². The summed E-state index contributed by atoms with van der Waals surface area (Å²) in [5, 5.41) is 17.0. The molecule has 0 aliphatic rings. The lowest BCUT2D eigenvalue weighted by Crippen LogP contribution is -2.40. The van der Waals surface area contributed by atoms with Gasteiger partial charge in [0.1, 0.15) is 18.7 Å². The molecule has 0 atom stereocenters. The average molecular weight is 325 g/mol. The van der Waals surface area contributed by atoms with E-state index in [9.17, 15) is 4.79 Å². The molecule has 1 aromatic heterocycles. The molecule has 0 fully saturated rings. The van der Waals surface area contributed by atoms with Gasteiger partial charge in [-0.2, -0.15) is 0 Å². The summed E-state index contributed by atoms with van der Waals surface area (Å²) in [6, 6.07) is 0. The van der Waals surface area contributed by atoms with E-state index in [1.165, 1.54) is 0 Å². The number of nitrogens with zero attached hydrogens (tertiary/aromatic N) is 4. The smallest absolute Gasteiger partial charge is 0.241 e. The normalized spacial score (nSPS) is 11.3. The molecule has 9 heteroatoms. The van der Waals surface area contributed by atoms with Crippen LogP contribution in [0.15, 0.2) is 11.3 Å². The molecule has 23 heavy (non-hydrogen) atoms. The van der Waals surface area contributed by atoms with Crippen LogP contribution >= 0.6 is 0 Å². The third kappa shape index (κ3) is 7.59. The SMILES string of the molecule is CCNC(=NCC(=O)NCCOC)NCCn1cnnc1CC. The van der Waals surface area contributed by atoms with Crippen molar-refractivity contribution in [1.82, 2.24) is 30.7 Å². The first-order valence-corrected chi connectivity index (χ1v) is 7.85. The zero-order chi connectivity index (χ0) is 16.9. The highest BCUT2D eigenvalue weighted by Gasteiger charge is 2.03. The van der Waals surface area contributed by atoms with Crippen molar-refractivity contribution < 1.29 is 9.53 Å². The third-order valence-electron chi connectivity index (χ3n) is 3.01. The van der Waals surface area contributed by atoms with Crippen molar-refractivity contribution in [2.75, 3.05) is 39.9 Å². The number of amides is 1. The molecule has 0 saturated heterocycles. The lowest BCUT2D eigenvalue weighted by atomic mass is 10.4. The van der Waals surface area contributed by atoms with Crippen molar-refractivity contribution in [2.24, 2.45) is 4.99 Å². The number of aliphatic imine (C=N–C) groups is 1. The fourth-order valence-corrected chi connectivity index (χ4v) is 1.88. The summed E-state index contributed by atoms with van der Waals surface area (Å²) in [7, 11) is 1.59. The van der Waals surface area contributed by atoms with Gasteiger partial charge in [-0.15, -0.1) is 10.2 Å². The van der Waals surface area contributed by atoms with Crippen molar-refractivity contribution in [3.63, 3.8) is 0 Å². The minimum Gasteiger partial charge on any atom is -0.383 e. The van der Waals surface area contributed by atoms with Gasteiger partial charge in [0.15, 0.2) is 5.96 Å². The Kier molecular flexibility index (Phi) is 9.37. The van der Waals surface area contributed by atoms with Crippen LogP contribution in [0.5, 0.6) is 0 Å². The second-order valence-corrected chi connectivity index (χ2v) is 4.76. The predicted molar refractivity (Wildman–Crippen MR) is 88.3 cm³/mol. The third-order valence-corrected chi connectivity index (χ3v) is 3.01. The van der Waals surface area contributed by atoms with Gasteiger partial charge in [0.25, 0.3) is 0 Å². The van der Waals surface area contributed by atoms with Gasteiger partial charge in [0.2, 0.25) is 5.91 Å². The zero-order valence-electron chi connectivity index (χ0n) is 14.1. The van der Waals surface area contributed by atoms with Crippen LogP contribution < -0.4 is 16.0 Å². The first-order chi connectivity index (χ1) is 11.2. The van der Waals surface area contributed by atoms with E-state index in [-0.39, 0.29) is 12.5 Å². The monoisotopic (exact) mass is 325 g/mol. The molecule has 0 radical (unpaired) electrons. The van der Waals surface area contributed by atoms with Crippen LogP contribution in [0.4, 0.5) is 0 Å². The molecule has 0 spiro atoms. The number of rotatable bonds is 10. The first-order valence-electron chi connectivity index (χ1n) is 7.85. The maximum atomic E-state index is 11.6. The van der Waals surface area contributed by atoms with Crippen molar-refractivity contribution in [3.05, 3.63) is 12.2 Å². The van der Waals surface area contributed by atoms with E-state index >= 15 is 0 Å². The number of carbonyl (C=O) groups is 1. The second-order valence-electron chi connectivity index (χ2n) is 4.76. The highest BCUT2D eigenvalue weighted by atomic mass is 16.5. The molecule has 1 amide bonds. The summed E-state index contributed by atoms with van der Waals surface area (Å²) >= 11 is 0. The van der Waals surface area contributed by atoms with E-state index in [0.717, 1.165) is 25.3 Å². The topological polar surface area (TPSA) is 105 Å². The summed E-state index contributed by atoms with van der Waals surface area (Å²) in [6.45, 7) is 7.21. The minimum atomic E-state index is -0.133. The highest BCUT2D eigenvalue weighted by Crippen LogP contribution is 1.94. The number of methoxy groups -OCH3 is 1. The fourth-order valence-electron chi connectivity index (χ4n) is 1.88. The van der Waals surface area contributed by atoms with Crippen LogP contribution in [0.2, 0.25) is 0 Å². The van der Waals surface area contributed by atoms with E-state index in [1.54, 1.807) is 13.4 Å². The number of nitrogens with one attached hydrogen (secondary N) is 3. The number of aromatic nitrogens is 3. The maximum absolute atomic E-state index is 11.6. The molecule has 0 bridgehead atoms. The Bertz CT molecular complexity index is 487. The molecule has 9 nitrogen and oxygen atoms in total. The molecule has 0 unspecified atom stereocenters. The molecule has 1 aromatic rings. The molecule has 1 rings (SSSR count). The number of hydrogen-bond acceptors (Lipinski definition) is 5. The van der Waals surface area contributed by atoms with Gasteiger partial charge in [0, 0.05) is 39.7 Å². The summed E-state index contributed by atoms with van der Waals surface area (Å²) < 4.78 is 6.87. The standard InChI is InChI=1S/C14H27N7O2/c1-4-12-20-19-11-21(12)8-6-17-14(15-5-2)18-10-13(22)16-7-9-23-3/h11H,4-10H2,1-3H3,(H,16,22)(H2,15,17,18). The van der Waals surface area contributed by atoms with E-state index in [2.05, 4.69) is 31.1 Å². The Balaban J connectivity index is 2.38. The van der Waals surface area contributed by atoms with Crippen LogP contribution in [0.3, 0.4) is 0 Å². The quantitative estimate of drug-likeness (QED) is 0.294. The van der Waals surface area contributed by atoms with E-state index in [4.69, 9.17) is 4.74 Å². The molecule has 1 heterocycles. The van der Waals surface area contributed by atoms with Crippen LogP contribution in [-0.4, -0.2) is 66.5 Å². The molecule has 0 aliphatic carbocycles. The Morgan fingerprint density at radius 1 is 1.30 bits per heavy atom. The summed E-state index contributed by atoms with van der Waals surface area (Å²) in [5.41, 5.74) is 0. The summed E-state index contributed by atoms with van der Waals surface area (Å²) in [6.07, 6.45) is 2.56. The van der Waals surface area contributed by atoms with Crippen LogP contribution in [-0.2, 0) is 22.5 Å². The predicted octanol–water partition coefficient (Wildman–Crippen LogP) is -0.842. The lowest BCUT2D eigenvalue weighted by Gasteiger charge is -2.12. The zero-order valence-corrected chi connectivity index (χ0v) is 14.1. The number of hydrogen-bond donors (Lipinski definition) is 3. The number of aryl methyl sites for hydroxylation is 1. The van der Waals surface area contributed by atoms with Gasteiger partial charge in [-0.25, -0.2) is 4.99 Å². The Morgan fingerprint density at radius 2 is 2.13 bits per heavy atom. The van der Waals surface area contributed by atoms with Crippen molar-refractivity contribution >= 4 is 11.9 Å². The van der Waals surface area contributed by atoms with Crippen molar-refractivity contribution in [2.45, 2.75) is 26.8 Å². The summed E-state index contributed by atoms with van der Waals surface area (Å²) in [5.74, 6) is 1.43. The van der Waals surface area contributed by atoms with Crippen LogP contribution in [0.25, 0.3) is 0 Å². The van der Waals surface area contributed by atoms with Crippen molar-refractivity contribution in [1.29, 1.82) is 0 Å². The molecule has 0 aliphatic heterocycles. The van der Waals surface area contributed by atoms with Crippen LogP contribution in [0.1, 0.15) is 19.7 Å². The minimum absolute atomic E-state index is 0.0753. The van der Waals surface area contributed by atoms with Gasteiger partial charge in [-0.05, 0) is 6.92 Å². The number of carbonyl (C=O) groups excluding carboxylic acids is 1. The van der Waals surface area contributed by atoms with E-state index < -0.39 is 0 Å². The Hall–Kier alpha value is -2.16. The molecule has 3 N–H and O–H groups in total. The Labute approximate surface area is 136 Å². The molecule has 0 saturated carbocycles. The van der Waals surface area contributed by atoms with Crippen LogP contribution in [0, 0.1) is 0 Å². The number of ether oxygens (including phenoxy) is 1. The Morgan fingerprint density at radius 3 is 2.83 bits per heavy atom. The average Bonchev–Trinajstić information content (AvgIpc) is 3.00. The summed E-state index contributed by atoms with van der Waals surface area (Å²) in [4.78, 5) is 15.9. The van der Waals surface area contributed by atoms with Gasteiger partial charge in [-0.3, -0.25) is 4.79 Å². The lowest BCUT2D eigenvalue weighted by molar-refractivity contribution is -0.119. The molecule has 0 aromatic carbocycles. The van der Waals surface area contributed by atoms with Gasteiger partial charge < -0.3 is 25.3 Å².